The lowest BCUT2D eigenvalue weighted by atomic mass is 10.0. The zero-order valence-electron chi connectivity index (χ0n) is 13.6. The van der Waals surface area contributed by atoms with Crippen LogP contribution in [0.2, 0.25) is 0 Å². The van der Waals surface area contributed by atoms with Gasteiger partial charge in [0, 0.05) is 31.2 Å². The van der Waals surface area contributed by atoms with E-state index in [9.17, 15) is 14.4 Å². The summed E-state index contributed by atoms with van der Waals surface area (Å²) < 4.78 is 41.2. The van der Waals surface area contributed by atoms with E-state index in [2.05, 4.69) is 15.9 Å². The molecule has 0 aromatic heterocycles. The third-order valence-corrected chi connectivity index (χ3v) is 3.26. The molecule has 1 saturated heterocycles. The van der Waals surface area contributed by atoms with Crippen LogP contribution in [0.15, 0.2) is 0 Å². The van der Waals surface area contributed by atoms with Gasteiger partial charge in [0.25, 0.3) is 0 Å². The summed E-state index contributed by atoms with van der Waals surface area (Å²) in [6.45, 7) is -1.94. The van der Waals surface area contributed by atoms with Crippen LogP contribution in [0.4, 0.5) is 0 Å². The van der Waals surface area contributed by atoms with Gasteiger partial charge in [0.05, 0.1) is 0 Å². The predicted octanol–water partition coefficient (Wildman–Crippen LogP) is 0.923. The standard InChI is InChI=1S/C12H17BrO7/c1-6(14)17-5-11-9(18-7(2)15)4-10(12(13)20-11)19-8(3)16/h9-12H,4-5H2,1-3H3/t9-,10+,11+,12?/m0/s1/i1D,2D,3D. The minimum absolute atomic E-state index is 0.0660. The normalized spacial score (nSPS) is 31.4. The molecule has 1 heterocycles. The van der Waals surface area contributed by atoms with Gasteiger partial charge in [-0.1, -0.05) is 15.9 Å². The molecule has 8 heteroatoms. The number of ether oxygens (including phenoxy) is 4. The van der Waals surface area contributed by atoms with Crippen molar-refractivity contribution in [2.75, 3.05) is 6.61 Å². The largest absolute Gasteiger partial charge is 0.463 e. The van der Waals surface area contributed by atoms with Gasteiger partial charge in [-0.3, -0.25) is 14.4 Å². The molecule has 0 N–H and O–H groups in total. The van der Waals surface area contributed by atoms with E-state index in [4.69, 9.17) is 23.1 Å². The predicted molar refractivity (Wildman–Crippen MR) is 69.9 cm³/mol. The van der Waals surface area contributed by atoms with Gasteiger partial charge in [0.1, 0.15) is 29.9 Å². The molecule has 0 aliphatic carbocycles. The van der Waals surface area contributed by atoms with Crippen LogP contribution < -0.4 is 0 Å². The minimum Gasteiger partial charge on any atom is -0.463 e. The Bertz CT molecular complexity index is 437. The summed E-state index contributed by atoms with van der Waals surface area (Å²) in [5.74, 6) is -2.31. The Kier molecular flexibility index (Phi) is 4.77. The molecular formula is C12H17BrO7. The molecule has 114 valence electrons. The maximum Gasteiger partial charge on any atom is 0.303 e. The molecule has 0 aromatic carbocycles. The van der Waals surface area contributed by atoms with Crippen molar-refractivity contribution in [1.82, 2.24) is 0 Å². The number of carbonyl (C=O) groups excluding carboxylic acids is 3. The molecule has 1 rings (SSSR count). The molecule has 20 heavy (non-hydrogen) atoms. The second-order valence-corrected chi connectivity index (χ2v) is 4.90. The van der Waals surface area contributed by atoms with Crippen LogP contribution >= 0.6 is 15.9 Å². The van der Waals surface area contributed by atoms with E-state index in [-0.39, 0.29) is 13.0 Å². The van der Waals surface area contributed by atoms with Crippen molar-refractivity contribution in [1.29, 1.82) is 0 Å². The minimum atomic E-state index is -0.885. The van der Waals surface area contributed by atoms with Gasteiger partial charge in [-0.2, -0.15) is 0 Å². The number of hydrogen-bond acceptors (Lipinski definition) is 7. The van der Waals surface area contributed by atoms with Gasteiger partial charge in [-0.25, -0.2) is 0 Å². The van der Waals surface area contributed by atoms with E-state index >= 15 is 0 Å². The lowest BCUT2D eigenvalue weighted by Gasteiger charge is -2.37. The highest BCUT2D eigenvalue weighted by Crippen LogP contribution is 2.28. The molecule has 0 spiro atoms. The molecule has 1 aliphatic heterocycles. The van der Waals surface area contributed by atoms with Crippen molar-refractivity contribution in [2.45, 2.75) is 50.4 Å². The van der Waals surface area contributed by atoms with Crippen LogP contribution in [0.5, 0.6) is 0 Å². The summed E-state index contributed by atoms with van der Waals surface area (Å²) in [6, 6.07) is 0. The SMILES string of the molecule is [2H]CC(=O)OC[C@H]1OC(Br)[C@H](OC(=O)C[2H])C[C@@H]1OC(=O)C[2H]. The summed E-state index contributed by atoms with van der Waals surface area (Å²) in [6.07, 6.45) is -2.43. The monoisotopic (exact) mass is 355 g/mol. The van der Waals surface area contributed by atoms with Crippen LogP contribution in [0.3, 0.4) is 0 Å². The maximum absolute atomic E-state index is 11.3. The lowest BCUT2D eigenvalue weighted by Crippen LogP contribution is -2.50. The van der Waals surface area contributed by atoms with Gasteiger partial charge in [0.15, 0.2) is 0 Å². The fraction of sp³-hybridized carbons (Fsp3) is 0.750. The van der Waals surface area contributed by atoms with Crippen molar-refractivity contribution in [2.24, 2.45) is 0 Å². The second kappa shape index (κ2) is 7.58. The Hall–Kier alpha value is -1.15. The molecule has 7 nitrogen and oxygen atoms in total. The molecule has 0 aromatic rings. The van der Waals surface area contributed by atoms with Crippen molar-refractivity contribution in [3.63, 3.8) is 0 Å². The summed E-state index contributed by atoms with van der Waals surface area (Å²) in [7, 11) is 0. The Morgan fingerprint density at radius 2 is 1.75 bits per heavy atom. The number of hydrogen-bond donors (Lipinski definition) is 0. The average Bonchev–Trinajstić information content (AvgIpc) is 2.55. The van der Waals surface area contributed by atoms with Crippen LogP contribution in [0.1, 0.15) is 31.2 Å². The average molecular weight is 356 g/mol. The fourth-order valence-electron chi connectivity index (χ4n) is 1.71. The van der Waals surface area contributed by atoms with Gasteiger partial charge >= 0.3 is 17.9 Å². The number of carbonyl (C=O) groups is 3. The second-order valence-electron chi connectivity index (χ2n) is 4.00. The Morgan fingerprint density at radius 1 is 1.15 bits per heavy atom. The van der Waals surface area contributed by atoms with Crippen molar-refractivity contribution < 1.29 is 37.4 Å². The quantitative estimate of drug-likeness (QED) is 0.421. The summed E-state index contributed by atoms with van der Waals surface area (Å²) in [5, 5.41) is -0.733. The van der Waals surface area contributed by atoms with Gasteiger partial charge in [-0.05, 0) is 0 Å². The first kappa shape index (κ1) is 12.6. The van der Waals surface area contributed by atoms with Gasteiger partial charge in [0.2, 0.25) is 0 Å². The number of esters is 3. The van der Waals surface area contributed by atoms with Crippen LogP contribution in [0, 0.1) is 0 Å². The van der Waals surface area contributed by atoms with Crippen LogP contribution in [-0.2, 0) is 33.3 Å². The van der Waals surface area contributed by atoms with E-state index in [1.807, 2.05) is 0 Å². The Balaban J connectivity index is 2.73. The summed E-state index contributed by atoms with van der Waals surface area (Å²) in [4.78, 5) is 33.6. The van der Waals surface area contributed by atoms with E-state index in [1.54, 1.807) is 0 Å². The first-order valence-corrected chi connectivity index (χ1v) is 6.54. The maximum atomic E-state index is 11.3. The molecule has 4 atom stereocenters. The molecular weight excluding hydrogens is 336 g/mol. The van der Waals surface area contributed by atoms with Crippen LogP contribution in [-0.4, -0.2) is 47.8 Å². The highest BCUT2D eigenvalue weighted by molar-refractivity contribution is 9.09. The van der Waals surface area contributed by atoms with Crippen molar-refractivity contribution in [3.05, 3.63) is 0 Å². The number of halogens is 1. The smallest absolute Gasteiger partial charge is 0.303 e. The number of rotatable bonds is 4. The van der Waals surface area contributed by atoms with E-state index < -0.39 is 61.9 Å². The molecule has 1 aliphatic rings. The lowest BCUT2D eigenvalue weighted by molar-refractivity contribution is -0.194. The molecule has 0 radical (unpaired) electrons. The first-order chi connectivity index (χ1) is 10.9. The number of alkyl halides is 1. The topological polar surface area (TPSA) is 88.1 Å². The Labute approximate surface area is 129 Å². The van der Waals surface area contributed by atoms with Crippen molar-refractivity contribution >= 4 is 33.8 Å². The highest BCUT2D eigenvalue weighted by Gasteiger charge is 2.41. The van der Waals surface area contributed by atoms with Gasteiger partial charge in [-0.15, -0.1) is 0 Å². The van der Waals surface area contributed by atoms with Crippen molar-refractivity contribution in [3.8, 4) is 0 Å². The van der Waals surface area contributed by atoms with E-state index in [0.29, 0.717) is 0 Å². The zero-order valence-corrected chi connectivity index (χ0v) is 12.2. The first-order valence-electron chi connectivity index (χ1n) is 7.75. The summed E-state index contributed by atoms with van der Waals surface area (Å²) in [5.41, 5.74) is 0. The van der Waals surface area contributed by atoms with Gasteiger partial charge < -0.3 is 18.9 Å². The molecule has 0 saturated carbocycles. The van der Waals surface area contributed by atoms with E-state index in [1.165, 1.54) is 0 Å². The Morgan fingerprint density at radius 3 is 2.35 bits per heavy atom. The molecule has 0 amide bonds. The highest BCUT2D eigenvalue weighted by atomic mass is 79.9. The third-order valence-electron chi connectivity index (χ3n) is 2.45. The molecule has 0 bridgehead atoms. The van der Waals surface area contributed by atoms with E-state index in [0.717, 1.165) is 0 Å². The molecule has 1 unspecified atom stereocenters. The zero-order chi connectivity index (χ0) is 17.4. The third kappa shape index (κ3) is 5.46. The molecule has 1 fully saturated rings. The summed E-state index contributed by atoms with van der Waals surface area (Å²) >= 11 is 3.17. The van der Waals surface area contributed by atoms with Crippen LogP contribution in [0.25, 0.3) is 0 Å². The fourth-order valence-corrected chi connectivity index (χ4v) is 2.32.